The molecule has 1 heterocycles. The minimum atomic E-state index is -0.580. The number of nitro groups is 1. The Morgan fingerprint density at radius 3 is 2.68 bits per heavy atom. The van der Waals surface area contributed by atoms with Crippen LogP contribution in [0.25, 0.3) is 0 Å². The van der Waals surface area contributed by atoms with E-state index >= 15 is 0 Å². The molecule has 1 saturated heterocycles. The molecule has 0 radical (unpaired) electrons. The number of aliphatic hydroxyl groups is 1. The van der Waals surface area contributed by atoms with Crippen LogP contribution in [0.1, 0.15) is 25.3 Å². The zero-order valence-electron chi connectivity index (χ0n) is 11.0. The number of nitrogens with two attached hydrogens (primary N) is 1. The number of nitrogen functional groups attached to an aromatic ring is 1. The van der Waals surface area contributed by atoms with E-state index in [9.17, 15) is 15.2 Å². The van der Waals surface area contributed by atoms with Crippen molar-refractivity contribution in [2.75, 3.05) is 18.8 Å². The van der Waals surface area contributed by atoms with E-state index in [0.29, 0.717) is 6.54 Å². The fourth-order valence-electron chi connectivity index (χ4n) is 2.30. The third-order valence-corrected chi connectivity index (χ3v) is 3.63. The lowest BCUT2D eigenvalue weighted by atomic mass is 9.93. The van der Waals surface area contributed by atoms with Gasteiger partial charge in [-0.05, 0) is 31.4 Å². The normalized spacial score (nSPS) is 19.3. The fraction of sp³-hybridized carbons (Fsp3) is 0.538. The van der Waals surface area contributed by atoms with Gasteiger partial charge in [-0.2, -0.15) is 0 Å². The maximum Gasteiger partial charge on any atom is 0.292 e. The summed E-state index contributed by atoms with van der Waals surface area (Å²) in [5, 5.41) is 20.7. The van der Waals surface area contributed by atoms with Crippen LogP contribution in [-0.2, 0) is 6.54 Å². The molecule has 2 rings (SSSR count). The Morgan fingerprint density at radius 1 is 1.47 bits per heavy atom. The highest BCUT2D eigenvalue weighted by Crippen LogP contribution is 2.25. The minimum Gasteiger partial charge on any atom is -0.393 e. The van der Waals surface area contributed by atoms with E-state index in [-0.39, 0.29) is 11.4 Å². The van der Waals surface area contributed by atoms with Crippen molar-refractivity contribution in [2.45, 2.75) is 31.9 Å². The number of rotatable bonds is 3. The smallest absolute Gasteiger partial charge is 0.292 e. The molecule has 1 aliphatic rings. The zero-order chi connectivity index (χ0) is 14.0. The highest BCUT2D eigenvalue weighted by Gasteiger charge is 2.27. The van der Waals surface area contributed by atoms with Gasteiger partial charge in [-0.3, -0.25) is 15.0 Å². The molecule has 1 fully saturated rings. The van der Waals surface area contributed by atoms with Crippen LogP contribution in [0.5, 0.6) is 0 Å². The first kappa shape index (κ1) is 13.8. The van der Waals surface area contributed by atoms with Gasteiger partial charge in [0, 0.05) is 25.7 Å². The van der Waals surface area contributed by atoms with Crippen LogP contribution < -0.4 is 5.73 Å². The van der Waals surface area contributed by atoms with Crippen molar-refractivity contribution in [2.24, 2.45) is 0 Å². The second-order valence-electron chi connectivity index (χ2n) is 5.42. The largest absolute Gasteiger partial charge is 0.393 e. The average molecular weight is 265 g/mol. The monoisotopic (exact) mass is 265 g/mol. The molecule has 19 heavy (non-hydrogen) atoms. The number of hydrogen-bond donors (Lipinski definition) is 2. The van der Waals surface area contributed by atoms with Crippen LogP contribution in [-0.4, -0.2) is 33.6 Å². The van der Waals surface area contributed by atoms with Crippen molar-refractivity contribution in [3.05, 3.63) is 33.9 Å². The first-order chi connectivity index (χ1) is 8.87. The molecule has 1 aliphatic heterocycles. The quantitative estimate of drug-likeness (QED) is 0.491. The summed E-state index contributed by atoms with van der Waals surface area (Å²) in [5.74, 6) is 0. The Morgan fingerprint density at radius 2 is 2.11 bits per heavy atom. The zero-order valence-corrected chi connectivity index (χ0v) is 11.0. The van der Waals surface area contributed by atoms with Gasteiger partial charge in [-0.25, -0.2) is 0 Å². The molecular formula is C13H19N3O3. The first-order valence-electron chi connectivity index (χ1n) is 6.35. The summed E-state index contributed by atoms with van der Waals surface area (Å²) in [7, 11) is 0. The van der Waals surface area contributed by atoms with Crippen LogP contribution in [0.3, 0.4) is 0 Å². The molecule has 6 nitrogen and oxygen atoms in total. The van der Waals surface area contributed by atoms with E-state index in [1.807, 2.05) is 13.0 Å². The van der Waals surface area contributed by atoms with Gasteiger partial charge in [0.25, 0.3) is 5.69 Å². The molecule has 0 spiro atoms. The Labute approximate surface area is 112 Å². The van der Waals surface area contributed by atoms with Gasteiger partial charge >= 0.3 is 0 Å². The van der Waals surface area contributed by atoms with Crippen molar-refractivity contribution in [1.29, 1.82) is 0 Å². The van der Waals surface area contributed by atoms with Gasteiger partial charge < -0.3 is 10.8 Å². The average Bonchev–Trinajstić information content (AvgIpc) is 2.34. The molecule has 6 heteroatoms. The maximum absolute atomic E-state index is 10.8. The Bertz CT molecular complexity index is 478. The standard InChI is InChI=1S/C13H19N3O3/c1-13(17)4-6-15(7-5-13)9-10-2-3-11(14)12(8-10)16(18)19/h2-3,8,17H,4-7,9,14H2,1H3. The van der Waals surface area contributed by atoms with Crippen LogP contribution >= 0.6 is 0 Å². The second kappa shape index (κ2) is 5.14. The van der Waals surface area contributed by atoms with Gasteiger partial charge in [0.15, 0.2) is 0 Å². The molecule has 0 atom stereocenters. The van der Waals surface area contributed by atoms with Gasteiger partial charge in [0.2, 0.25) is 0 Å². The van der Waals surface area contributed by atoms with Crippen molar-refractivity contribution < 1.29 is 10.0 Å². The summed E-state index contributed by atoms with van der Waals surface area (Å²) in [4.78, 5) is 12.6. The van der Waals surface area contributed by atoms with Gasteiger partial charge in [0.1, 0.15) is 5.69 Å². The van der Waals surface area contributed by atoms with Crippen molar-refractivity contribution in [3.8, 4) is 0 Å². The van der Waals surface area contributed by atoms with E-state index in [1.165, 1.54) is 6.07 Å². The summed E-state index contributed by atoms with van der Waals surface area (Å²) in [6, 6.07) is 4.92. The molecule has 0 saturated carbocycles. The predicted molar refractivity (Wildman–Crippen MR) is 72.6 cm³/mol. The molecule has 0 bridgehead atoms. The van der Waals surface area contributed by atoms with Gasteiger partial charge in [-0.15, -0.1) is 0 Å². The molecule has 3 N–H and O–H groups in total. The van der Waals surface area contributed by atoms with E-state index in [0.717, 1.165) is 31.5 Å². The SMILES string of the molecule is CC1(O)CCN(Cc2ccc(N)c([N+](=O)[O-])c2)CC1. The number of likely N-dealkylation sites (tertiary alicyclic amines) is 1. The fourth-order valence-corrected chi connectivity index (χ4v) is 2.30. The molecule has 0 amide bonds. The van der Waals surface area contributed by atoms with E-state index in [2.05, 4.69) is 4.90 Å². The lowest BCUT2D eigenvalue weighted by Crippen LogP contribution is -2.41. The van der Waals surface area contributed by atoms with E-state index in [4.69, 9.17) is 5.73 Å². The topological polar surface area (TPSA) is 92.6 Å². The van der Waals surface area contributed by atoms with Gasteiger partial charge in [-0.1, -0.05) is 6.07 Å². The number of nitrogens with zero attached hydrogens (tertiary/aromatic N) is 2. The van der Waals surface area contributed by atoms with E-state index < -0.39 is 10.5 Å². The van der Waals surface area contributed by atoms with Crippen LogP contribution in [0.2, 0.25) is 0 Å². The lowest BCUT2D eigenvalue weighted by molar-refractivity contribution is -0.384. The Kier molecular flexibility index (Phi) is 3.73. The van der Waals surface area contributed by atoms with Crippen molar-refractivity contribution >= 4 is 11.4 Å². The third kappa shape index (κ3) is 3.42. The van der Waals surface area contributed by atoms with Gasteiger partial charge in [0.05, 0.1) is 10.5 Å². The summed E-state index contributed by atoms with van der Waals surface area (Å²) in [6.45, 7) is 4.09. The Hall–Kier alpha value is -1.66. The predicted octanol–water partition coefficient (Wildman–Crippen LogP) is 1.52. The second-order valence-corrected chi connectivity index (χ2v) is 5.42. The number of benzene rings is 1. The highest BCUT2D eigenvalue weighted by atomic mass is 16.6. The van der Waals surface area contributed by atoms with Crippen LogP contribution in [0, 0.1) is 10.1 Å². The number of anilines is 1. The molecule has 0 unspecified atom stereocenters. The summed E-state index contributed by atoms with van der Waals surface area (Å²) >= 11 is 0. The molecular weight excluding hydrogens is 246 g/mol. The third-order valence-electron chi connectivity index (χ3n) is 3.63. The Balaban J connectivity index is 2.04. The lowest BCUT2D eigenvalue weighted by Gasteiger charge is -2.35. The highest BCUT2D eigenvalue weighted by molar-refractivity contribution is 5.59. The van der Waals surface area contributed by atoms with E-state index in [1.54, 1.807) is 6.07 Å². The van der Waals surface area contributed by atoms with Crippen LogP contribution in [0.4, 0.5) is 11.4 Å². The van der Waals surface area contributed by atoms with Crippen molar-refractivity contribution in [3.63, 3.8) is 0 Å². The summed E-state index contributed by atoms with van der Waals surface area (Å²) < 4.78 is 0. The summed E-state index contributed by atoms with van der Waals surface area (Å²) in [5.41, 5.74) is 6.02. The minimum absolute atomic E-state index is 0.0403. The summed E-state index contributed by atoms with van der Waals surface area (Å²) in [6.07, 6.45) is 1.45. The molecule has 0 aliphatic carbocycles. The van der Waals surface area contributed by atoms with Crippen LogP contribution in [0.15, 0.2) is 18.2 Å². The number of hydrogen-bond acceptors (Lipinski definition) is 5. The molecule has 104 valence electrons. The number of nitro benzene ring substituents is 1. The molecule has 1 aromatic carbocycles. The molecule has 0 aromatic heterocycles. The van der Waals surface area contributed by atoms with Crippen molar-refractivity contribution in [1.82, 2.24) is 4.90 Å². The first-order valence-corrected chi connectivity index (χ1v) is 6.35. The molecule has 1 aromatic rings. The maximum atomic E-state index is 10.8. The number of piperidine rings is 1.